The number of thiazole rings is 1. The smallest absolute Gasteiger partial charge is 0.338 e. The fourth-order valence-electron chi connectivity index (χ4n) is 2.83. The fraction of sp³-hybridized carbons (Fsp3) is 0.471. The van der Waals surface area contributed by atoms with Crippen LogP contribution in [0.25, 0.3) is 0 Å². The molecular weight excluding hydrogens is 328 g/mol. The number of likely N-dealkylation sites (tertiary alicyclic amines) is 1. The van der Waals surface area contributed by atoms with Crippen LogP contribution in [0.3, 0.4) is 0 Å². The number of piperidine rings is 1. The van der Waals surface area contributed by atoms with E-state index in [0.717, 1.165) is 29.8 Å². The second kappa shape index (κ2) is 6.76. The van der Waals surface area contributed by atoms with Gasteiger partial charge >= 0.3 is 5.97 Å². The van der Waals surface area contributed by atoms with Crippen LogP contribution in [0, 0.1) is 0 Å². The highest BCUT2D eigenvalue weighted by Crippen LogP contribution is 2.31. The average Bonchev–Trinajstić information content (AvgIpc) is 3.24. The lowest BCUT2D eigenvalue weighted by Gasteiger charge is -2.31. The molecule has 2 aromatic rings. The molecule has 1 aliphatic rings. The van der Waals surface area contributed by atoms with Crippen molar-refractivity contribution in [2.45, 2.75) is 38.5 Å². The van der Waals surface area contributed by atoms with Gasteiger partial charge in [0, 0.05) is 30.5 Å². The largest absolute Gasteiger partial charge is 0.478 e. The molecule has 0 aromatic carbocycles. The van der Waals surface area contributed by atoms with Gasteiger partial charge in [-0.3, -0.25) is 4.79 Å². The number of carboxylic acid groups (broad SMARTS) is 1. The minimum Gasteiger partial charge on any atom is -0.478 e. The Kier molecular flexibility index (Phi) is 4.71. The summed E-state index contributed by atoms with van der Waals surface area (Å²) < 4.78 is 5.13. The van der Waals surface area contributed by atoms with E-state index in [9.17, 15) is 9.59 Å². The molecule has 0 radical (unpaired) electrons. The van der Waals surface area contributed by atoms with Gasteiger partial charge in [0.05, 0.1) is 16.3 Å². The zero-order valence-corrected chi connectivity index (χ0v) is 14.5. The number of carbonyl (C=O) groups excluding carboxylic acids is 1. The summed E-state index contributed by atoms with van der Waals surface area (Å²) in [5.74, 6) is -0.649. The average molecular weight is 348 g/mol. The lowest BCUT2D eigenvalue weighted by Crippen LogP contribution is -2.39. The zero-order chi connectivity index (χ0) is 17.3. The molecule has 1 saturated heterocycles. The van der Waals surface area contributed by atoms with E-state index in [-0.39, 0.29) is 23.1 Å². The number of amides is 1. The van der Waals surface area contributed by atoms with E-state index >= 15 is 0 Å². The fourth-order valence-corrected chi connectivity index (χ4v) is 3.94. The van der Waals surface area contributed by atoms with Crippen LogP contribution in [0.15, 0.2) is 22.1 Å². The predicted molar refractivity (Wildman–Crippen MR) is 89.7 cm³/mol. The highest BCUT2D eigenvalue weighted by Gasteiger charge is 2.29. The van der Waals surface area contributed by atoms with Crippen molar-refractivity contribution >= 4 is 23.2 Å². The van der Waals surface area contributed by atoms with Gasteiger partial charge in [-0.15, -0.1) is 11.3 Å². The molecule has 3 heterocycles. The third-order valence-electron chi connectivity index (χ3n) is 4.25. The predicted octanol–water partition coefficient (Wildman–Crippen LogP) is 3.58. The monoisotopic (exact) mass is 348 g/mol. The molecule has 1 aliphatic heterocycles. The van der Waals surface area contributed by atoms with Crippen molar-refractivity contribution in [1.29, 1.82) is 0 Å². The van der Waals surface area contributed by atoms with E-state index in [1.807, 2.05) is 0 Å². The maximum Gasteiger partial charge on any atom is 0.338 e. The van der Waals surface area contributed by atoms with Crippen molar-refractivity contribution in [2.75, 3.05) is 13.1 Å². The molecule has 7 heteroatoms. The van der Waals surface area contributed by atoms with Crippen LogP contribution in [0.4, 0.5) is 0 Å². The van der Waals surface area contributed by atoms with E-state index in [2.05, 4.69) is 19.2 Å². The second-order valence-electron chi connectivity index (χ2n) is 6.36. The summed E-state index contributed by atoms with van der Waals surface area (Å²) in [4.78, 5) is 29.9. The lowest BCUT2D eigenvalue weighted by atomic mass is 9.98. The van der Waals surface area contributed by atoms with Crippen LogP contribution in [0.5, 0.6) is 0 Å². The summed E-state index contributed by atoms with van der Waals surface area (Å²) in [5.41, 5.74) is 1.09. The summed E-state index contributed by atoms with van der Waals surface area (Å²) >= 11 is 1.65. The van der Waals surface area contributed by atoms with Crippen LogP contribution < -0.4 is 0 Å². The van der Waals surface area contributed by atoms with Crippen molar-refractivity contribution in [1.82, 2.24) is 9.88 Å². The van der Waals surface area contributed by atoms with Gasteiger partial charge in [0.1, 0.15) is 6.26 Å². The molecule has 1 atom stereocenters. The first kappa shape index (κ1) is 16.7. The Morgan fingerprint density at radius 1 is 1.46 bits per heavy atom. The van der Waals surface area contributed by atoms with Crippen molar-refractivity contribution in [3.8, 4) is 0 Å². The Morgan fingerprint density at radius 2 is 2.25 bits per heavy atom. The SMILES string of the molecule is CC(C)c1csc(C2CCCN(C(=O)c3cc(C(=O)O)co3)C2)n1. The Hall–Kier alpha value is -2.15. The molecule has 1 amide bonds. The Labute approximate surface area is 144 Å². The molecule has 2 aromatic heterocycles. The molecule has 0 spiro atoms. The van der Waals surface area contributed by atoms with Crippen LogP contribution in [0.2, 0.25) is 0 Å². The Balaban J connectivity index is 1.72. The molecule has 24 heavy (non-hydrogen) atoms. The van der Waals surface area contributed by atoms with Crippen LogP contribution >= 0.6 is 11.3 Å². The topological polar surface area (TPSA) is 83.6 Å². The van der Waals surface area contributed by atoms with Crippen molar-refractivity contribution < 1.29 is 19.1 Å². The maximum atomic E-state index is 12.5. The summed E-state index contributed by atoms with van der Waals surface area (Å²) in [6.07, 6.45) is 3.01. The van der Waals surface area contributed by atoms with E-state index in [1.165, 1.54) is 6.07 Å². The minimum atomic E-state index is -1.10. The number of rotatable bonds is 4. The van der Waals surface area contributed by atoms with E-state index in [0.29, 0.717) is 19.0 Å². The molecular formula is C17H20N2O4S. The van der Waals surface area contributed by atoms with Crippen molar-refractivity contribution in [3.05, 3.63) is 39.7 Å². The first-order valence-corrected chi connectivity index (χ1v) is 8.90. The standard InChI is InChI=1S/C17H20N2O4S/c1-10(2)13-9-24-15(18-13)11-4-3-5-19(7-11)16(20)14-6-12(8-23-14)17(21)22/h6,8-11H,3-5,7H2,1-2H3,(H,21,22). The van der Waals surface area contributed by atoms with Gasteiger partial charge in [0.15, 0.2) is 5.76 Å². The Bertz CT molecular complexity index is 749. The van der Waals surface area contributed by atoms with Crippen LogP contribution in [-0.4, -0.2) is 40.0 Å². The number of aromatic nitrogens is 1. The number of nitrogens with zero attached hydrogens (tertiary/aromatic N) is 2. The maximum absolute atomic E-state index is 12.5. The number of carbonyl (C=O) groups is 2. The number of aromatic carboxylic acids is 1. The summed E-state index contributed by atoms with van der Waals surface area (Å²) in [6.45, 7) is 5.48. The van der Waals surface area contributed by atoms with E-state index in [4.69, 9.17) is 14.5 Å². The van der Waals surface area contributed by atoms with Gasteiger partial charge in [-0.1, -0.05) is 13.8 Å². The quantitative estimate of drug-likeness (QED) is 0.913. The van der Waals surface area contributed by atoms with E-state index < -0.39 is 5.97 Å². The molecule has 0 aliphatic carbocycles. The number of hydrogen-bond donors (Lipinski definition) is 1. The second-order valence-corrected chi connectivity index (χ2v) is 7.25. The van der Waals surface area contributed by atoms with Crippen LogP contribution in [0.1, 0.15) is 70.1 Å². The number of carboxylic acids is 1. The molecule has 3 rings (SSSR count). The molecule has 1 unspecified atom stereocenters. The van der Waals surface area contributed by atoms with Gasteiger partial charge < -0.3 is 14.4 Å². The molecule has 0 saturated carbocycles. The lowest BCUT2D eigenvalue weighted by molar-refractivity contribution is 0.0672. The van der Waals surface area contributed by atoms with Crippen LogP contribution in [-0.2, 0) is 0 Å². The molecule has 6 nitrogen and oxygen atoms in total. The van der Waals surface area contributed by atoms with Gasteiger partial charge in [-0.25, -0.2) is 9.78 Å². The normalized spacial score (nSPS) is 18.1. The number of hydrogen-bond acceptors (Lipinski definition) is 5. The van der Waals surface area contributed by atoms with Gasteiger partial charge in [-0.2, -0.15) is 0 Å². The highest BCUT2D eigenvalue weighted by molar-refractivity contribution is 7.09. The molecule has 128 valence electrons. The first-order valence-electron chi connectivity index (χ1n) is 8.02. The third kappa shape index (κ3) is 3.36. The molecule has 1 N–H and O–H groups in total. The van der Waals surface area contributed by atoms with Crippen molar-refractivity contribution in [3.63, 3.8) is 0 Å². The van der Waals surface area contributed by atoms with Gasteiger partial charge in [-0.05, 0) is 18.8 Å². The zero-order valence-electron chi connectivity index (χ0n) is 13.7. The summed E-state index contributed by atoms with van der Waals surface area (Å²) in [6, 6.07) is 1.29. The Morgan fingerprint density at radius 3 is 2.88 bits per heavy atom. The van der Waals surface area contributed by atoms with Gasteiger partial charge in [0.2, 0.25) is 0 Å². The third-order valence-corrected chi connectivity index (χ3v) is 5.27. The summed E-state index contributed by atoms with van der Waals surface area (Å²) in [7, 11) is 0. The highest BCUT2D eigenvalue weighted by atomic mass is 32.1. The van der Waals surface area contributed by atoms with Gasteiger partial charge in [0.25, 0.3) is 5.91 Å². The minimum absolute atomic E-state index is 0.00610. The molecule has 1 fully saturated rings. The summed E-state index contributed by atoms with van der Waals surface area (Å²) in [5, 5.41) is 12.1. The molecule has 0 bridgehead atoms. The van der Waals surface area contributed by atoms with E-state index in [1.54, 1.807) is 16.2 Å². The van der Waals surface area contributed by atoms with Crippen molar-refractivity contribution in [2.24, 2.45) is 0 Å². The number of furan rings is 1. The first-order chi connectivity index (χ1) is 11.5.